The maximum Gasteiger partial charge on any atom is 0.270 e. The van der Waals surface area contributed by atoms with Gasteiger partial charge < -0.3 is 19.3 Å². The molecule has 9 heteroatoms. The molecule has 0 amide bonds. The van der Waals surface area contributed by atoms with Crippen molar-refractivity contribution in [2.24, 2.45) is 0 Å². The fourth-order valence-corrected chi connectivity index (χ4v) is 2.92. The van der Waals surface area contributed by atoms with Gasteiger partial charge in [-0.25, -0.2) is 9.97 Å². The molecular formula is C15H20ClN5O3. The molecule has 1 fully saturated rings. The Morgan fingerprint density at radius 2 is 2.04 bits per heavy atom. The lowest BCUT2D eigenvalue weighted by Gasteiger charge is -2.40. The maximum absolute atomic E-state index is 6.11. The van der Waals surface area contributed by atoms with Gasteiger partial charge in [-0.2, -0.15) is 4.98 Å². The number of aromatic nitrogens is 4. The smallest absolute Gasteiger partial charge is 0.270 e. The van der Waals surface area contributed by atoms with Gasteiger partial charge in [0.15, 0.2) is 11.6 Å². The molecule has 1 aliphatic rings. The molecule has 3 heterocycles. The van der Waals surface area contributed by atoms with E-state index < -0.39 is 11.7 Å². The van der Waals surface area contributed by atoms with Gasteiger partial charge in [0, 0.05) is 13.5 Å². The Morgan fingerprint density at radius 3 is 2.62 bits per heavy atom. The van der Waals surface area contributed by atoms with E-state index in [4.69, 9.17) is 25.6 Å². The number of hydrogen-bond donors (Lipinski definition) is 1. The summed E-state index contributed by atoms with van der Waals surface area (Å²) in [5.41, 5.74) is -0.567. The summed E-state index contributed by atoms with van der Waals surface area (Å²) in [6.45, 7) is 3.60. The highest BCUT2D eigenvalue weighted by Crippen LogP contribution is 2.39. The number of rotatable bonds is 6. The quantitative estimate of drug-likeness (QED) is 0.787. The van der Waals surface area contributed by atoms with Gasteiger partial charge in [-0.1, -0.05) is 12.1 Å². The zero-order chi connectivity index (χ0) is 17.0. The number of halogens is 1. The van der Waals surface area contributed by atoms with E-state index in [9.17, 15) is 0 Å². The van der Waals surface area contributed by atoms with Gasteiger partial charge in [-0.3, -0.25) is 0 Å². The molecule has 2 aromatic rings. The first-order valence-corrected chi connectivity index (χ1v) is 8.27. The van der Waals surface area contributed by atoms with Crippen LogP contribution in [0.5, 0.6) is 5.75 Å². The molecule has 1 aliphatic heterocycles. The number of hydrogen-bond acceptors (Lipinski definition) is 8. The Hall–Kier alpha value is -1.77. The van der Waals surface area contributed by atoms with E-state index in [1.807, 2.05) is 6.92 Å². The summed E-state index contributed by atoms with van der Waals surface area (Å²) in [5.74, 6) is 1.49. The van der Waals surface area contributed by atoms with Crippen molar-refractivity contribution in [2.75, 3.05) is 20.2 Å². The van der Waals surface area contributed by atoms with Crippen LogP contribution in [0.3, 0.4) is 0 Å². The second-order valence-corrected chi connectivity index (χ2v) is 5.95. The molecule has 1 N–H and O–H groups in total. The maximum atomic E-state index is 6.11. The number of aryl methyl sites for hydroxylation is 1. The van der Waals surface area contributed by atoms with Crippen molar-refractivity contribution in [2.45, 2.75) is 37.9 Å². The SMILES string of the molecule is CCc1noc(C(Oc2cnc(Cl)nc2)C2(OC)CCNCC2)n1. The zero-order valence-electron chi connectivity index (χ0n) is 13.7. The first-order valence-electron chi connectivity index (χ1n) is 7.89. The first kappa shape index (κ1) is 17.1. The molecule has 0 spiro atoms. The molecule has 8 nitrogen and oxygen atoms in total. The highest BCUT2D eigenvalue weighted by molar-refractivity contribution is 6.28. The van der Waals surface area contributed by atoms with E-state index in [-0.39, 0.29) is 5.28 Å². The van der Waals surface area contributed by atoms with Crippen molar-refractivity contribution in [3.05, 3.63) is 29.4 Å². The lowest BCUT2D eigenvalue weighted by molar-refractivity contribution is -0.120. The third-order valence-electron chi connectivity index (χ3n) is 4.21. The Labute approximate surface area is 144 Å². The summed E-state index contributed by atoms with van der Waals surface area (Å²) in [7, 11) is 1.68. The summed E-state index contributed by atoms with van der Waals surface area (Å²) < 4.78 is 17.4. The number of ether oxygens (including phenoxy) is 2. The number of methoxy groups -OCH3 is 1. The van der Waals surface area contributed by atoms with E-state index in [0.29, 0.717) is 23.9 Å². The van der Waals surface area contributed by atoms with Crippen LogP contribution in [0.15, 0.2) is 16.9 Å². The molecule has 2 aromatic heterocycles. The minimum absolute atomic E-state index is 0.160. The Kier molecular flexibility index (Phi) is 5.27. The van der Waals surface area contributed by atoms with Crippen LogP contribution in [0.25, 0.3) is 0 Å². The van der Waals surface area contributed by atoms with Crippen LogP contribution in [0.4, 0.5) is 0 Å². The lowest BCUT2D eigenvalue weighted by Crippen LogP contribution is -2.49. The Balaban J connectivity index is 1.94. The van der Waals surface area contributed by atoms with Gasteiger partial charge in [0.25, 0.3) is 5.89 Å². The second kappa shape index (κ2) is 7.42. The lowest BCUT2D eigenvalue weighted by atomic mass is 9.86. The van der Waals surface area contributed by atoms with Crippen LogP contribution in [0, 0.1) is 0 Å². The van der Waals surface area contributed by atoms with Gasteiger partial charge in [-0.15, -0.1) is 0 Å². The predicted molar refractivity (Wildman–Crippen MR) is 85.9 cm³/mol. The summed E-state index contributed by atoms with van der Waals surface area (Å²) >= 11 is 5.74. The molecular weight excluding hydrogens is 334 g/mol. The average Bonchev–Trinajstić information content (AvgIpc) is 3.10. The van der Waals surface area contributed by atoms with Gasteiger partial charge in [0.1, 0.15) is 5.60 Å². The van der Waals surface area contributed by atoms with E-state index in [0.717, 1.165) is 25.9 Å². The summed E-state index contributed by atoms with van der Waals surface area (Å²) in [5, 5.41) is 7.47. The largest absolute Gasteiger partial charge is 0.474 e. The normalized spacial score (nSPS) is 18.3. The third-order valence-corrected chi connectivity index (χ3v) is 4.40. The summed E-state index contributed by atoms with van der Waals surface area (Å²) in [6, 6.07) is 0. The molecule has 0 bridgehead atoms. The summed E-state index contributed by atoms with van der Waals surface area (Å²) in [4.78, 5) is 12.3. The molecule has 1 saturated heterocycles. The van der Waals surface area contributed by atoms with E-state index in [1.165, 1.54) is 12.4 Å². The number of nitrogens with one attached hydrogen (secondary N) is 1. The van der Waals surface area contributed by atoms with Crippen LogP contribution < -0.4 is 10.1 Å². The zero-order valence-corrected chi connectivity index (χ0v) is 14.4. The number of nitrogens with zero attached hydrogens (tertiary/aromatic N) is 4. The van der Waals surface area contributed by atoms with Crippen molar-refractivity contribution in [3.63, 3.8) is 0 Å². The van der Waals surface area contributed by atoms with Crippen LogP contribution in [0.1, 0.15) is 37.6 Å². The van der Waals surface area contributed by atoms with Crippen molar-refractivity contribution >= 4 is 11.6 Å². The minimum Gasteiger partial charge on any atom is -0.474 e. The molecule has 24 heavy (non-hydrogen) atoms. The topological polar surface area (TPSA) is 95.2 Å². The number of piperidine rings is 1. The van der Waals surface area contributed by atoms with E-state index >= 15 is 0 Å². The monoisotopic (exact) mass is 353 g/mol. The van der Waals surface area contributed by atoms with Gasteiger partial charge in [-0.05, 0) is 37.5 Å². The molecule has 130 valence electrons. The average molecular weight is 354 g/mol. The van der Waals surface area contributed by atoms with E-state index in [2.05, 4.69) is 25.4 Å². The molecule has 0 radical (unpaired) electrons. The highest BCUT2D eigenvalue weighted by Gasteiger charge is 2.46. The van der Waals surface area contributed by atoms with Crippen LogP contribution in [-0.4, -0.2) is 45.9 Å². The predicted octanol–water partition coefficient (Wildman–Crippen LogP) is 1.96. The molecule has 1 atom stereocenters. The standard InChI is InChI=1S/C15H20ClN5O3/c1-3-11-20-13(24-21-11)12(15(22-2)4-6-17-7-5-15)23-10-8-18-14(16)19-9-10/h8-9,12,17H,3-7H2,1-2H3. The molecule has 3 rings (SSSR count). The first-order chi connectivity index (χ1) is 11.7. The molecule has 1 unspecified atom stereocenters. The van der Waals surface area contributed by atoms with Crippen molar-refractivity contribution < 1.29 is 14.0 Å². The fraction of sp³-hybridized carbons (Fsp3) is 0.600. The minimum atomic E-state index is -0.567. The molecule has 0 aliphatic carbocycles. The molecule has 0 aromatic carbocycles. The second-order valence-electron chi connectivity index (χ2n) is 5.61. The van der Waals surface area contributed by atoms with Gasteiger partial charge in [0.05, 0.1) is 12.4 Å². The Bertz CT molecular complexity index is 657. The van der Waals surface area contributed by atoms with Gasteiger partial charge >= 0.3 is 0 Å². The highest BCUT2D eigenvalue weighted by atomic mass is 35.5. The van der Waals surface area contributed by atoms with Crippen LogP contribution in [-0.2, 0) is 11.2 Å². The van der Waals surface area contributed by atoms with Crippen molar-refractivity contribution in [1.82, 2.24) is 25.4 Å². The van der Waals surface area contributed by atoms with Crippen molar-refractivity contribution in [1.29, 1.82) is 0 Å². The summed E-state index contributed by atoms with van der Waals surface area (Å²) in [6.07, 6.45) is 4.68. The molecule has 0 saturated carbocycles. The van der Waals surface area contributed by atoms with Crippen LogP contribution in [0.2, 0.25) is 5.28 Å². The third kappa shape index (κ3) is 3.50. The van der Waals surface area contributed by atoms with Crippen molar-refractivity contribution in [3.8, 4) is 5.75 Å². The Morgan fingerprint density at radius 1 is 1.33 bits per heavy atom. The van der Waals surface area contributed by atoms with Gasteiger partial charge in [0.2, 0.25) is 11.4 Å². The fourth-order valence-electron chi connectivity index (χ4n) is 2.82. The van der Waals surface area contributed by atoms with E-state index in [1.54, 1.807) is 7.11 Å². The van der Waals surface area contributed by atoms with Crippen LogP contribution >= 0.6 is 11.6 Å².